The number of benzene rings is 1. The van der Waals surface area contributed by atoms with E-state index in [9.17, 15) is 0 Å². The largest absolute Gasteiger partial charge is 0.473 e. The highest BCUT2D eigenvalue weighted by atomic mass is 16.4. The van der Waals surface area contributed by atoms with Gasteiger partial charge in [0.25, 0.3) is 0 Å². The molecule has 0 atom stereocenters. The third-order valence-corrected chi connectivity index (χ3v) is 3.63. The van der Waals surface area contributed by atoms with Gasteiger partial charge in [0.15, 0.2) is 0 Å². The molecular weight excluding hydrogens is 308 g/mol. The predicted octanol–water partition coefficient (Wildman–Crippen LogP) is 2.99. The van der Waals surface area contributed by atoms with Crippen molar-refractivity contribution in [2.75, 3.05) is 19.6 Å². The van der Waals surface area contributed by atoms with E-state index in [1.165, 1.54) is 48.9 Å². The highest BCUT2D eigenvalue weighted by Crippen LogP contribution is 2.18. The summed E-state index contributed by atoms with van der Waals surface area (Å²) in [6.07, 6.45) is 5.80. The number of para-hydroxylation sites is 1. The molecule has 1 heterocycles. The molecule has 0 spiro atoms. The van der Waals surface area contributed by atoms with Gasteiger partial charge >= 0.3 is 11.9 Å². The Morgan fingerprint density at radius 2 is 1.58 bits per heavy atom. The molecule has 0 radical (unpaired) electrons. The first-order valence-electron chi connectivity index (χ1n) is 8.23. The number of hydrogen-bond donors (Lipinski definition) is 3. The fraction of sp³-hybridized carbons (Fsp3) is 0.444. The molecule has 1 aromatic carbocycles. The molecule has 6 heteroatoms. The summed E-state index contributed by atoms with van der Waals surface area (Å²) < 4.78 is 0. The van der Waals surface area contributed by atoms with Crippen molar-refractivity contribution >= 4 is 22.8 Å². The Morgan fingerprint density at radius 1 is 1.00 bits per heavy atom. The van der Waals surface area contributed by atoms with Crippen LogP contribution in [0.4, 0.5) is 0 Å². The first-order chi connectivity index (χ1) is 11.5. The number of rotatable bonds is 7. The van der Waals surface area contributed by atoms with Gasteiger partial charge in [0, 0.05) is 23.6 Å². The van der Waals surface area contributed by atoms with E-state index in [0.29, 0.717) is 0 Å². The lowest BCUT2D eigenvalue weighted by atomic mass is 10.1. The van der Waals surface area contributed by atoms with Crippen LogP contribution in [-0.4, -0.2) is 51.7 Å². The van der Waals surface area contributed by atoms with Crippen molar-refractivity contribution in [2.45, 2.75) is 33.1 Å². The average molecular weight is 334 g/mol. The number of hydrogen-bond acceptors (Lipinski definition) is 3. The van der Waals surface area contributed by atoms with E-state index >= 15 is 0 Å². The van der Waals surface area contributed by atoms with E-state index in [4.69, 9.17) is 19.8 Å². The zero-order valence-electron chi connectivity index (χ0n) is 14.3. The van der Waals surface area contributed by atoms with Crippen molar-refractivity contribution < 1.29 is 19.8 Å². The van der Waals surface area contributed by atoms with Crippen molar-refractivity contribution in [3.8, 4) is 0 Å². The van der Waals surface area contributed by atoms with Crippen molar-refractivity contribution in [3.63, 3.8) is 0 Å². The number of carboxylic acids is 2. The van der Waals surface area contributed by atoms with Crippen LogP contribution in [0.2, 0.25) is 0 Å². The number of aliphatic carboxylic acids is 2. The quantitative estimate of drug-likeness (QED) is 0.677. The minimum Gasteiger partial charge on any atom is -0.473 e. The van der Waals surface area contributed by atoms with Crippen LogP contribution >= 0.6 is 0 Å². The lowest BCUT2D eigenvalue weighted by Crippen LogP contribution is -2.27. The molecule has 0 aliphatic heterocycles. The second kappa shape index (κ2) is 10.4. The third kappa shape index (κ3) is 6.42. The Kier molecular flexibility index (Phi) is 8.57. The fourth-order valence-corrected chi connectivity index (χ4v) is 2.58. The van der Waals surface area contributed by atoms with Crippen LogP contribution < -0.4 is 0 Å². The third-order valence-electron chi connectivity index (χ3n) is 3.63. The van der Waals surface area contributed by atoms with Gasteiger partial charge in [-0.15, -0.1) is 0 Å². The number of nitrogens with one attached hydrogen (secondary N) is 1. The smallest absolute Gasteiger partial charge is 0.414 e. The van der Waals surface area contributed by atoms with Gasteiger partial charge in [0.2, 0.25) is 0 Å². The Hall–Kier alpha value is -2.34. The molecule has 6 nitrogen and oxygen atoms in total. The number of nitrogens with zero attached hydrogens (tertiary/aromatic N) is 1. The topological polar surface area (TPSA) is 93.6 Å². The molecule has 0 saturated heterocycles. The van der Waals surface area contributed by atoms with E-state index in [1.807, 2.05) is 0 Å². The molecular formula is C18H26N2O4. The molecule has 24 heavy (non-hydrogen) atoms. The van der Waals surface area contributed by atoms with Gasteiger partial charge in [0.05, 0.1) is 0 Å². The van der Waals surface area contributed by atoms with Gasteiger partial charge in [-0.05, 0) is 44.0 Å². The number of aromatic amines is 1. The lowest BCUT2D eigenvalue weighted by Gasteiger charge is -2.20. The molecule has 0 aliphatic carbocycles. The van der Waals surface area contributed by atoms with Crippen LogP contribution in [-0.2, 0) is 16.0 Å². The SMILES string of the molecule is CCCN(CCC)CCc1c[nH]c2ccccc12.O=C(O)C(=O)O. The number of carboxylic acid groups (broad SMARTS) is 2. The molecule has 0 bridgehead atoms. The molecule has 0 aliphatic rings. The van der Waals surface area contributed by atoms with Gasteiger partial charge in [0.1, 0.15) is 0 Å². The molecule has 132 valence electrons. The maximum absolute atomic E-state index is 9.10. The highest BCUT2D eigenvalue weighted by molar-refractivity contribution is 6.27. The molecule has 2 rings (SSSR count). The van der Waals surface area contributed by atoms with Gasteiger partial charge in [-0.3, -0.25) is 0 Å². The fourth-order valence-electron chi connectivity index (χ4n) is 2.58. The van der Waals surface area contributed by atoms with Crippen molar-refractivity contribution in [2.24, 2.45) is 0 Å². The summed E-state index contributed by atoms with van der Waals surface area (Å²) in [6.45, 7) is 8.12. The molecule has 0 amide bonds. The van der Waals surface area contributed by atoms with Crippen LogP contribution in [0, 0.1) is 0 Å². The summed E-state index contributed by atoms with van der Waals surface area (Å²) in [7, 11) is 0. The average Bonchev–Trinajstić information content (AvgIpc) is 2.97. The normalized spacial score (nSPS) is 10.5. The first kappa shape index (κ1) is 19.7. The summed E-state index contributed by atoms with van der Waals surface area (Å²) in [4.78, 5) is 24.1. The maximum atomic E-state index is 9.10. The van der Waals surface area contributed by atoms with Gasteiger partial charge < -0.3 is 20.1 Å². The molecule has 0 saturated carbocycles. The zero-order valence-corrected chi connectivity index (χ0v) is 14.3. The van der Waals surface area contributed by atoms with E-state index in [-0.39, 0.29) is 0 Å². The zero-order chi connectivity index (χ0) is 17.9. The summed E-state index contributed by atoms with van der Waals surface area (Å²) >= 11 is 0. The second-order valence-electron chi connectivity index (χ2n) is 5.56. The van der Waals surface area contributed by atoms with Gasteiger partial charge in [-0.2, -0.15) is 0 Å². The Morgan fingerprint density at radius 3 is 2.12 bits per heavy atom. The minimum atomic E-state index is -1.82. The number of aromatic nitrogens is 1. The van der Waals surface area contributed by atoms with Crippen LogP contribution in [0.1, 0.15) is 32.3 Å². The molecule has 2 aromatic rings. The van der Waals surface area contributed by atoms with E-state index in [2.05, 4.69) is 54.2 Å². The van der Waals surface area contributed by atoms with E-state index < -0.39 is 11.9 Å². The van der Waals surface area contributed by atoms with Gasteiger partial charge in [-0.25, -0.2) is 9.59 Å². The molecule has 0 unspecified atom stereocenters. The molecule has 1 aromatic heterocycles. The summed E-state index contributed by atoms with van der Waals surface area (Å²) in [6, 6.07) is 8.57. The van der Waals surface area contributed by atoms with Crippen molar-refractivity contribution in [3.05, 3.63) is 36.0 Å². The first-order valence-corrected chi connectivity index (χ1v) is 8.23. The number of H-pyrrole nitrogens is 1. The van der Waals surface area contributed by atoms with Crippen LogP contribution in [0.15, 0.2) is 30.5 Å². The Labute approximate surface area is 142 Å². The van der Waals surface area contributed by atoms with E-state index in [0.717, 1.165) is 6.42 Å². The predicted molar refractivity (Wildman–Crippen MR) is 94.3 cm³/mol. The number of fused-ring (bicyclic) bond motifs is 1. The van der Waals surface area contributed by atoms with Crippen LogP contribution in [0.25, 0.3) is 10.9 Å². The summed E-state index contributed by atoms with van der Waals surface area (Å²) in [5.41, 5.74) is 2.70. The van der Waals surface area contributed by atoms with Crippen molar-refractivity contribution in [1.82, 2.24) is 9.88 Å². The number of carbonyl (C=O) groups is 2. The maximum Gasteiger partial charge on any atom is 0.414 e. The van der Waals surface area contributed by atoms with Crippen LogP contribution in [0.5, 0.6) is 0 Å². The minimum absolute atomic E-state index is 1.14. The standard InChI is InChI=1S/C16H24N2.C2H2O4/c1-3-10-18(11-4-2)12-9-14-13-17-16-8-6-5-7-15(14)16;3-1(4)2(5)6/h5-8,13,17H,3-4,9-12H2,1-2H3;(H,3,4)(H,5,6). The molecule has 3 N–H and O–H groups in total. The summed E-state index contributed by atoms with van der Waals surface area (Å²) in [5, 5.41) is 16.2. The monoisotopic (exact) mass is 334 g/mol. The van der Waals surface area contributed by atoms with Crippen LogP contribution in [0.3, 0.4) is 0 Å². The highest BCUT2D eigenvalue weighted by Gasteiger charge is 2.06. The lowest BCUT2D eigenvalue weighted by molar-refractivity contribution is -0.159. The van der Waals surface area contributed by atoms with Crippen molar-refractivity contribution in [1.29, 1.82) is 0 Å². The second-order valence-corrected chi connectivity index (χ2v) is 5.56. The Balaban J connectivity index is 0.000000413. The van der Waals surface area contributed by atoms with E-state index in [1.54, 1.807) is 0 Å². The molecule has 0 fully saturated rings. The Bertz CT molecular complexity index is 633. The summed E-state index contributed by atoms with van der Waals surface area (Å²) in [5.74, 6) is -3.65. The van der Waals surface area contributed by atoms with Gasteiger partial charge in [-0.1, -0.05) is 32.0 Å².